The highest BCUT2D eigenvalue weighted by Crippen LogP contribution is 2.30. The summed E-state index contributed by atoms with van der Waals surface area (Å²) in [4.78, 5) is 18.4. The smallest absolute Gasteiger partial charge is 0.343 e. The number of halogens is 1. The fourth-order valence-corrected chi connectivity index (χ4v) is 3.76. The van der Waals surface area contributed by atoms with Crippen LogP contribution < -0.4 is 4.74 Å². The second-order valence-corrected chi connectivity index (χ2v) is 7.90. The fourth-order valence-electron chi connectivity index (χ4n) is 3.49. The lowest BCUT2D eigenvalue weighted by Crippen LogP contribution is -2.27. The molecule has 0 aliphatic carbocycles. The van der Waals surface area contributed by atoms with Gasteiger partial charge in [0, 0.05) is 28.1 Å². The standard InChI is InChI=1S/C23H27BrN2O2/c1-3-13-26(14-4-2)15-12-18-16-25-20-6-5-7-21(22(18)20)28-23(27)17-8-10-19(24)11-9-17/h5-11,16,25H,3-4,12-15H2,1-2H3. The van der Waals surface area contributed by atoms with Crippen molar-refractivity contribution < 1.29 is 9.53 Å². The van der Waals surface area contributed by atoms with E-state index in [9.17, 15) is 4.79 Å². The summed E-state index contributed by atoms with van der Waals surface area (Å²) in [7, 11) is 0. The summed E-state index contributed by atoms with van der Waals surface area (Å²) in [6.07, 6.45) is 5.28. The molecule has 1 aromatic heterocycles. The number of ether oxygens (including phenoxy) is 1. The van der Waals surface area contributed by atoms with Crippen LogP contribution in [-0.2, 0) is 6.42 Å². The van der Waals surface area contributed by atoms with Gasteiger partial charge in [0.15, 0.2) is 0 Å². The zero-order valence-electron chi connectivity index (χ0n) is 16.5. The third-order valence-electron chi connectivity index (χ3n) is 4.81. The zero-order valence-corrected chi connectivity index (χ0v) is 18.1. The quantitative estimate of drug-likeness (QED) is 0.335. The van der Waals surface area contributed by atoms with E-state index in [0.717, 1.165) is 54.3 Å². The van der Waals surface area contributed by atoms with Crippen molar-refractivity contribution in [2.75, 3.05) is 19.6 Å². The number of nitrogens with zero attached hydrogens (tertiary/aromatic N) is 1. The van der Waals surface area contributed by atoms with Gasteiger partial charge in [-0.3, -0.25) is 0 Å². The molecule has 1 N–H and O–H groups in total. The van der Waals surface area contributed by atoms with E-state index >= 15 is 0 Å². The molecule has 0 radical (unpaired) electrons. The second kappa shape index (κ2) is 9.89. The third kappa shape index (κ3) is 5.03. The highest BCUT2D eigenvalue weighted by atomic mass is 79.9. The number of carbonyl (C=O) groups excluding carboxylic acids is 1. The van der Waals surface area contributed by atoms with Crippen LogP contribution >= 0.6 is 15.9 Å². The largest absolute Gasteiger partial charge is 0.422 e. The molecule has 0 bridgehead atoms. The molecule has 28 heavy (non-hydrogen) atoms. The van der Waals surface area contributed by atoms with Gasteiger partial charge in [0.2, 0.25) is 0 Å². The van der Waals surface area contributed by atoms with Crippen molar-refractivity contribution >= 4 is 32.8 Å². The Morgan fingerprint density at radius 2 is 1.75 bits per heavy atom. The van der Waals surface area contributed by atoms with Crippen molar-refractivity contribution in [3.05, 3.63) is 64.3 Å². The molecular weight excluding hydrogens is 416 g/mol. The normalized spacial score (nSPS) is 11.3. The SMILES string of the molecule is CCCN(CCC)CCc1c[nH]c2cccc(OC(=O)c3ccc(Br)cc3)c12. The molecule has 2 aromatic carbocycles. The van der Waals surface area contributed by atoms with Crippen molar-refractivity contribution in [1.29, 1.82) is 0 Å². The second-order valence-electron chi connectivity index (χ2n) is 6.98. The first-order chi connectivity index (χ1) is 13.6. The van der Waals surface area contributed by atoms with Crippen molar-refractivity contribution in [3.8, 4) is 5.75 Å². The van der Waals surface area contributed by atoms with Gasteiger partial charge >= 0.3 is 5.97 Å². The molecule has 5 heteroatoms. The fraction of sp³-hybridized carbons (Fsp3) is 0.348. The number of aromatic amines is 1. The molecule has 148 valence electrons. The molecule has 0 saturated heterocycles. The lowest BCUT2D eigenvalue weighted by molar-refractivity contribution is 0.0737. The number of hydrogen-bond acceptors (Lipinski definition) is 3. The molecule has 0 atom stereocenters. The summed E-state index contributed by atoms with van der Waals surface area (Å²) in [6, 6.07) is 13.0. The van der Waals surface area contributed by atoms with Gasteiger partial charge in [-0.1, -0.05) is 35.8 Å². The van der Waals surface area contributed by atoms with E-state index in [1.165, 1.54) is 5.56 Å². The molecule has 0 amide bonds. The molecule has 0 unspecified atom stereocenters. The minimum Gasteiger partial charge on any atom is -0.422 e. The molecule has 0 fully saturated rings. The number of esters is 1. The third-order valence-corrected chi connectivity index (χ3v) is 5.34. The first-order valence-corrected chi connectivity index (χ1v) is 10.7. The summed E-state index contributed by atoms with van der Waals surface area (Å²) in [6.45, 7) is 7.66. The van der Waals surface area contributed by atoms with E-state index in [2.05, 4.69) is 39.7 Å². The number of benzene rings is 2. The molecular formula is C23H27BrN2O2. The molecule has 4 nitrogen and oxygen atoms in total. The van der Waals surface area contributed by atoms with Gasteiger partial charge in [0.05, 0.1) is 5.56 Å². The maximum absolute atomic E-state index is 12.6. The number of H-pyrrole nitrogens is 1. The van der Waals surface area contributed by atoms with Gasteiger partial charge in [-0.25, -0.2) is 4.79 Å². The lowest BCUT2D eigenvalue weighted by Gasteiger charge is -2.20. The average Bonchev–Trinajstić information content (AvgIpc) is 3.11. The predicted octanol–water partition coefficient (Wildman–Crippen LogP) is 5.81. The lowest BCUT2D eigenvalue weighted by atomic mass is 10.1. The van der Waals surface area contributed by atoms with Crippen LogP contribution in [0.3, 0.4) is 0 Å². The van der Waals surface area contributed by atoms with Crippen molar-refractivity contribution in [1.82, 2.24) is 9.88 Å². The highest BCUT2D eigenvalue weighted by molar-refractivity contribution is 9.10. The Morgan fingerprint density at radius 1 is 1.04 bits per heavy atom. The van der Waals surface area contributed by atoms with Gasteiger partial charge in [-0.15, -0.1) is 0 Å². The maximum atomic E-state index is 12.6. The van der Waals surface area contributed by atoms with Gasteiger partial charge in [0.1, 0.15) is 5.75 Å². The number of aromatic nitrogens is 1. The monoisotopic (exact) mass is 442 g/mol. The van der Waals surface area contributed by atoms with Gasteiger partial charge in [-0.05, 0) is 74.3 Å². The topological polar surface area (TPSA) is 45.3 Å². The van der Waals surface area contributed by atoms with Crippen LogP contribution in [0, 0.1) is 0 Å². The van der Waals surface area contributed by atoms with Crippen molar-refractivity contribution in [2.24, 2.45) is 0 Å². The first kappa shape index (κ1) is 20.6. The molecule has 1 heterocycles. The van der Waals surface area contributed by atoms with Crippen LogP contribution in [0.5, 0.6) is 5.75 Å². The van der Waals surface area contributed by atoms with Crippen molar-refractivity contribution in [2.45, 2.75) is 33.1 Å². The predicted molar refractivity (Wildman–Crippen MR) is 118 cm³/mol. The summed E-state index contributed by atoms with van der Waals surface area (Å²) in [5.41, 5.74) is 2.72. The first-order valence-electron chi connectivity index (χ1n) is 9.91. The Balaban J connectivity index is 1.80. The summed E-state index contributed by atoms with van der Waals surface area (Å²) < 4.78 is 6.70. The molecule has 3 aromatic rings. The number of rotatable bonds is 9. The van der Waals surface area contributed by atoms with Crippen LogP contribution in [0.25, 0.3) is 10.9 Å². The molecule has 0 spiro atoms. The summed E-state index contributed by atoms with van der Waals surface area (Å²) in [5.74, 6) is 0.268. The van der Waals surface area contributed by atoms with Crippen LogP contribution in [-0.4, -0.2) is 35.5 Å². The molecule has 0 aliphatic rings. The van der Waals surface area contributed by atoms with E-state index < -0.39 is 0 Å². The van der Waals surface area contributed by atoms with Gasteiger partial charge in [-0.2, -0.15) is 0 Å². The molecule has 0 saturated carbocycles. The van der Waals surface area contributed by atoms with E-state index in [1.807, 2.05) is 36.5 Å². The number of hydrogen-bond donors (Lipinski definition) is 1. The minimum absolute atomic E-state index is 0.342. The summed E-state index contributed by atoms with van der Waals surface area (Å²) >= 11 is 3.39. The molecule has 3 rings (SSSR count). The number of nitrogens with one attached hydrogen (secondary N) is 1. The van der Waals surface area contributed by atoms with Gasteiger partial charge < -0.3 is 14.6 Å². The Labute approximate surface area is 175 Å². The van der Waals surface area contributed by atoms with E-state index in [1.54, 1.807) is 12.1 Å². The number of fused-ring (bicyclic) bond motifs is 1. The van der Waals surface area contributed by atoms with E-state index in [-0.39, 0.29) is 5.97 Å². The Bertz CT molecular complexity index is 912. The maximum Gasteiger partial charge on any atom is 0.343 e. The molecule has 0 aliphatic heterocycles. The van der Waals surface area contributed by atoms with Crippen LogP contribution in [0.1, 0.15) is 42.6 Å². The van der Waals surface area contributed by atoms with E-state index in [0.29, 0.717) is 11.3 Å². The Kier molecular flexibility index (Phi) is 7.29. The summed E-state index contributed by atoms with van der Waals surface area (Å²) in [5, 5.41) is 1.00. The van der Waals surface area contributed by atoms with Crippen molar-refractivity contribution in [3.63, 3.8) is 0 Å². The van der Waals surface area contributed by atoms with E-state index in [4.69, 9.17) is 4.74 Å². The average molecular weight is 443 g/mol. The Morgan fingerprint density at radius 3 is 2.43 bits per heavy atom. The van der Waals surface area contributed by atoms with Crippen LogP contribution in [0.4, 0.5) is 0 Å². The Hall–Kier alpha value is -2.11. The van der Waals surface area contributed by atoms with Crippen LogP contribution in [0.2, 0.25) is 0 Å². The van der Waals surface area contributed by atoms with Crippen LogP contribution in [0.15, 0.2) is 53.1 Å². The number of carbonyl (C=O) groups is 1. The highest BCUT2D eigenvalue weighted by Gasteiger charge is 2.15. The van der Waals surface area contributed by atoms with Gasteiger partial charge in [0.25, 0.3) is 0 Å². The zero-order chi connectivity index (χ0) is 19.9. The minimum atomic E-state index is -0.342.